The van der Waals surface area contributed by atoms with E-state index in [9.17, 15) is 9.59 Å². The molecule has 1 heterocycles. The summed E-state index contributed by atoms with van der Waals surface area (Å²) in [7, 11) is 6.06. The maximum Gasteiger partial charge on any atom is 0.309 e. The fourth-order valence-electron chi connectivity index (χ4n) is 3.13. The molecule has 0 fully saturated rings. The number of nitrogens with one attached hydrogen (secondary N) is 2. The van der Waals surface area contributed by atoms with Crippen LogP contribution in [-0.4, -0.2) is 57.5 Å². The summed E-state index contributed by atoms with van der Waals surface area (Å²) in [6, 6.07) is 6.49. The Morgan fingerprint density at radius 2 is 2.04 bits per heavy atom. The van der Waals surface area contributed by atoms with Gasteiger partial charge in [0.15, 0.2) is 0 Å². The van der Waals surface area contributed by atoms with E-state index in [1.165, 1.54) is 17.3 Å². The molecule has 2 rings (SSSR count). The third kappa shape index (κ3) is 4.82. The van der Waals surface area contributed by atoms with Gasteiger partial charge in [-0.3, -0.25) is 9.59 Å². The third-order valence-electron chi connectivity index (χ3n) is 4.53. The third-order valence-corrected chi connectivity index (χ3v) is 4.53. The first-order valence-electron chi connectivity index (χ1n) is 8.61. The first-order valence-corrected chi connectivity index (χ1v) is 8.61. The van der Waals surface area contributed by atoms with Gasteiger partial charge in [0.2, 0.25) is 0 Å². The van der Waals surface area contributed by atoms with Crippen LogP contribution >= 0.6 is 0 Å². The topological polar surface area (TPSA) is 64.7 Å². The van der Waals surface area contributed by atoms with Crippen LogP contribution in [0.5, 0.6) is 0 Å². The number of anilines is 1. The zero-order valence-electron chi connectivity index (χ0n) is 15.3. The van der Waals surface area contributed by atoms with Crippen LogP contribution in [0.1, 0.15) is 23.6 Å². The summed E-state index contributed by atoms with van der Waals surface area (Å²) >= 11 is 0. The molecule has 1 unspecified atom stereocenters. The van der Waals surface area contributed by atoms with Gasteiger partial charge >= 0.3 is 11.8 Å². The lowest BCUT2D eigenvalue weighted by atomic mass is 9.96. The molecule has 2 N–H and O–H groups in total. The molecule has 25 heavy (non-hydrogen) atoms. The van der Waals surface area contributed by atoms with Crippen LogP contribution in [0.2, 0.25) is 0 Å². The van der Waals surface area contributed by atoms with Crippen LogP contribution in [-0.2, 0) is 16.0 Å². The molecule has 0 saturated heterocycles. The Kier molecular flexibility index (Phi) is 6.58. The molecular formula is C19H28N4O2. The number of likely N-dealkylation sites (N-methyl/N-ethyl adjacent to an activating group) is 1. The van der Waals surface area contributed by atoms with Gasteiger partial charge in [-0.1, -0.05) is 18.2 Å². The van der Waals surface area contributed by atoms with Gasteiger partial charge in [0, 0.05) is 32.4 Å². The molecule has 1 aromatic rings. The van der Waals surface area contributed by atoms with E-state index in [0.717, 1.165) is 24.9 Å². The summed E-state index contributed by atoms with van der Waals surface area (Å²) in [5.74, 6) is -1.25. The SMILES string of the molecule is C=CCNC(=O)C(=O)NCC(c1ccc2c(c1)CCCN2C)N(C)C. The standard InChI is InChI=1S/C19H28N4O2/c1-5-10-20-18(24)19(25)21-13-17(22(2)3)15-8-9-16-14(12-15)7-6-11-23(16)4/h5,8-9,12,17H,1,6-7,10-11,13H2,2-4H3,(H,20,24)(H,21,25). The van der Waals surface area contributed by atoms with E-state index in [0.29, 0.717) is 6.54 Å². The molecule has 0 spiro atoms. The Morgan fingerprint density at radius 1 is 1.32 bits per heavy atom. The monoisotopic (exact) mass is 344 g/mol. The lowest BCUT2D eigenvalue weighted by Gasteiger charge is -2.30. The molecule has 136 valence electrons. The molecule has 0 bridgehead atoms. The summed E-state index contributed by atoms with van der Waals surface area (Å²) in [6.07, 6.45) is 3.77. The number of nitrogens with zero attached hydrogens (tertiary/aromatic N) is 2. The number of carbonyl (C=O) groups excluding carboxylic acids is 2. The van der Waals surface area contributed by atoms with E-state index in [1.54, 1.807) is 0 Å². The van der Waals surface area contributed by atoms with E-state index in [-0.39, 0.29) is 12.6 Å². The second-order valence-electron chi connectivity index (χ2n) is 6.60. The van der Waals surface area contributed by atoms with E-state index in [4.69, 9.17) is 0 Å². The highest BCUT2D eigenvalue weighted by atomic mass is 16.2. The van der Waals surface area contributed by atoms with Crippen LogP contribution in [0.25, 0.3) is 0 Å². The Labute approximate surface area is 149 Å². The van der Waals surface area contributed by atoms with Crippen molar-refractivity contribution in [3.05, 3.63) is 42.0 Å². The first-order chi connectivity index (χ1) is 11.9. The number of carbonyl (C=O) groups is 2. The molecule has 1 aromatic carbocycles. The molecule has 0 saturated carbocycles. The molecule has 0 aromatic heterocycles. The maximum atomic E-state index is 11.9. The molecule has 1 aliphatic heterocycles. The van der Waals surface area contributed by atoms with E-state index >= 15 is 0 Å². The summed E-state index contributed by atoms with van der Waals surface area (Å²) < 4.78 is 0. The van der Waals surface area contributed by atoms with Crippen molar-refractivity contribution in [3.8, 4) is 0 Å². The molecule has 2 amide bonds. The zero-order chi connectivity index (χ0) is 18.4. The molecule has 0 radical (unpaired) electrons. The number of benzene rings is 1. The van der Waals surface area contributed by atoms with E-state index in [1.807, 2.05) is 14.1 Å². The highest BCUT2D eigenvalue weighted by molar-refractivity contribution is 6.35. The summed E-state index contributed by atoms with van der Waals surface area (Å²) in [5.41, 5.74) is 3.76. The van der Waals surface area contributed by atoms with Gasteiger partial charge in [-0.2, -0.15) is 0 Å². The van der Waals surface area contributed by atoms with Crippen LogP contribution in [0, 0.1) is 0 Å². The predicted molar refractivity (Wildman–Crippen MR) is 101 cm³/mol. The van der Waals surface area contributed by atoms with Gasteiger partial charge in [-0.15, -0.1) is 6.58 Å². The Hall–Kier alpha value is -2.34. The minimum atomic E-state index is -0.635. The minimum absolute atomic E-state index is 0.00804. The number of hydrogen-bond acceptors (Lipinski definition) is 4. The second kappa shape index (κ2) is 8.67. The van der Waals surface area contributed by atoms with Crippen molar-refractivity contribution < 1.29 is 9.59 Å². The lowest BCUT2D eigenvalue weighted by molar-refractivity contribution is -0.139. The fraction of sp³-hybridized carbons (Fsp3) is 0.474. The number of aryl methyl sites for hydroxylation is 1. The molecule has 6 heteroatoms. The van der Waals surface area contributed by atoms with Gasteiger partial charge in [-0.05, 0) is 44.1 Å². The Bertz CT molecular complexity index is 642. The van der Waals surface area contributed by atoms with Crippen molar-refractivity contribution in [3.63, 3.8) is 0 Å². The second-order valence-corrected chi connectivity index (χ2v) is 6.60. The smallest absolute Gasteiger partial charge is 0.309 e. The van der Waals surface area contributed by atoms with E-state index in [2.05, 4.69) is 52.3 Å². The number of fused-ring (bicyclic) bond motifs is 1. The van der Waals surface area contributed by atoms with Crippen molar-refractivity contribution in [2.24, 2.45) is 0 Å². The summed E-state index contributed by atoms with van der Waals surface area (Å²) in [4.78, 5) is 27.9. The van der Waals surface area contributed by atoms with Gasteiger partial charge in [0.1, 0.15) is 0 Å². The molecule has 6 nitrogen and oxygen atoms in total. The van der Waals surface area contributed by atoms with E-state index < -0.39 is 11.8 Å². The maximum absolute atomic E-state index is 11.9. The van der Waals surface area contributed by atoms with Crippen LogP contribution in [0.4, 0.5) is 5.69 Å². The highest BCUT2D eigenvalue weighted by Crippen LogP contribution is 2.29. The zero-order valence-corrected chi connectivity index (χ0v) is 15.3. The first kappa shape index (κ1) is 19.0. The van der Waals surface area contributed by atoms with Gasteiger partial charge < -0.3 is 20.4 Å². The van der Waals surface area contributed by atoms with Crippen LogP contribution < -0.4 is 15.5 Å². The highest BCUT2D eigenvalue weighted by Gasteiger charge is 2.21. The summed E-state index contributed by atoms with van der Waals surface area (Å²) in [6.45, 7) is 5.25. The number of rotatable bonds is 6. The molecular weight excluding hydrogens is 316 g/mol. The van der Waals surface area contributed by atoms with Gasteiger partial charge in [-0.25, -0.2) is 0 Å². The van der Waals surface area contributed by atoms with Crippen LogP contribution in [0.15, 0.2) is 30.9 Å². The van der Waals surface area contributed by atoms with Gasteiger partial charge in [0.05, 0.1) is 6.04 Å². The largest absolute Gasteiger partial charge is 0.374 e. The number of hydrogen-bond donors (Lipinski definition) is 2. The van der Waals surface area contributed by atoms with Gasteiger partial charge in [0.25, 0.3) is 0 Å². The van der Waals surface area contributed by atoms with Crippen molar-refractivity contribution in [1.29, 1.82) is 0 Å². The van der Waals surface area contributed by atoms with Crippen LogP contribution in [0.3, 0.4) is 0 Å². The van der Waals surface area contributed by atoms with Crippen molar-refractivity contribution in [2.45, 2.75) is 18.9 Å². The minimum Gasteiger partial charge on any atom is -0.374 e. The number of amides is 2. The molecule has 0 aliphatic carbocycles. The molecule has 1 aliphatic rings. The van der Waals surface area contributed by atoms with Crippen molar-refractivity contribution in [2.75, 3.05) is 45.7 Å². The van der Waals surface area contributed by atoms with Crippen molar-refractivity contribution in [1.82, 2.24) is 15.5 Å². The Balaban J connectivity index is 2.07. The average Bonchev–Trinajstić information content (AvgIpc) is 2.59. The lowest BCUT2D eigenvalue weighted by Crippen LogP contribution is -2.43. The normalized spacial score (nSPS) is 14.6. The van der Waals surface area contributed by atoms with Crippen molar-refractivity contribution >= 4 is 17.5 Å². The average molecular weight is 344 g/mol. The quantitative estimate of drug-likeness (QED) is 0.599. The fourth-order valence-corrected chi connectivity index (χ4v) is 3.13. The Morgan fingerprint density at radius 3 is 2.72 bits per heavy atom. The summed E-state index contributed by atoms with van der Waals surface area (Å²) in [5, 5.41) is 5.21. The predicted octanol–water partition coefficient (Wildman–Crippen LogP) is 1.09. The molecule has 1 atom stereocenters.